The smallest absolute Gasteiger partial charge is 0.311 e. The van der Waals surface area contributed by atoms with Crippen molar-refractivity contribution < 1.29 is 9.53 Å². The molecule has 78 valence electrons. The van der Waals surface area contributed by atoms with Gasteiger partial charge in [0.2, 0.25) is 0 Å². The molecule has 0 radical (unpaired) electrons. The first-order chi connectivity index (χ1) is 7.19. The summed E-state index contributed by atoms with van der Waals surface area (Å²) < 4.78 is 6.38. The summed E-state index contributed by atoms with van der Waals surface area (Å²) in [4.78, 5) is 15.3. The molecular weight excluding hydrogens is 194 g/mol. The number of methoxy groups -OCH3 is 1. The topological polar surface area (TPSA) is 69.6 Å². The molecule has 5 heteroatoms. The minimum absolute atomic E-state index is 0.179. The number of hydrogen-bond donors (Lipinski definition) is 1. The minimum Gasteiger partial charge on any atom is -0.469 e. The zero-order valence-corrected chi connectivity index (χ0v) is 8.30. The summed E-state index contributed by atoms with van der Waals surface area (Å²) in [6.07, 6.45) is 3.77. The normalized spacial score (nSPS) is 10.5. The molecular formula is C10H11N3O2. The maximum atomic E-state index is 11.0. The molecule has 2 aromatic rings. The molecule has 2 aromatic heterocycles. The molecule has 5 nitrogen and oxygen atoms in total. The van der Waals surface area contributed by atoms with Crippen LogP contribution in [0.4, 0.5) is 5.69 Å². The van der Waals surface area contributed by atoms with Crippen LogP contribution in [0.15, 0.2) is 24.5 Å². The molecule has 2 N–H and O–H groups in total. The van der Waals surface area contributed by atoms with E-state index in [0.29, 0.717) is 11.4 Å². The first-order valence-corrected chi connectivity index (χ1v) is 4.49. The number of aromatic nitrogens is 2. The Morgan fingerprint density at radius 1 is 1.67 bits per heavy atom. The van der Waals surface area contributed by atoms with E-state index in [1.165, 1.54) is 7.11 Å². The van der Waals surface area contributed by atoms with Crippen molar-refractivity contribution in [1.82, 2.24) is 9.38 Å². The number of hydrogen-bond acceptors (Lipinski definition) is 4. The van der Waals surface area contributed by atoms with Crippen molar-refractivity contribution in [2.24, 2.45) is 0 Å². The number of esters is 1. The van der Waals surface area contributed by atoms with Gasteiger partial charge in [-0.1, -0.05) is 0 Å². The zero-order chi connectivity index (χ0) is 10.8. The van der Waals surface area contributed by atoms with E-state index in [2.05, 4.69) is 9.72 Å². The van der Waals surface area contributed by atoms with Gasteiger partial charge in [-0.2, -0.15) is 0 Å². The van der Waals surface area contributed by atoms with E-state index in [-0.39, 0.29) is 12.4 Å². The van der Waals surface area contributed by atoms with Crippen LogP contribution in [0, 0.1) is 0 Å². The second-order valence-corrected chi connectivity index (χ2v) is 3.21. The lowest BCUT2D eigenvalue weighted by Gasteiger charge is -1.92. The second kappa shape index (κ2) is 3.61. The fraction of sp³-hybridized carbons (Fsp3) is 0.200. The molecule has 0 fully saturated rings. The Morgan fingerprint density at radius 2 is 2.47 bits per heavy atom. The first kappa shape index (κ1) is 9.51. The van der Waals surface area contributed by atoms with E-state index >= 15 is 0 Å². The number of carbonyl (C=O) groups excluding carboxylic acids is 1. The average molecular weight is 205 g/mol. The van der Waals surface area contributed by atoms with Gasteiger partial charge in [0.25, 0.3) is 0 Å². The van der Waals surface area contributed by atoms with Crippen molar-refractivity contribution >= 4 is 17.3 Å². The van der Waals surface area contributed by atoms with Gasteiger partial charge in [0, 0.05) is 24.1 Å². The summed E-state index contributed by atoms with van der Waals surface area (Å²) in [5.74, 6) is -0.300. The molecule has 0 aliphatic heterocycles. The van der Waals surface area contributed by atoms with E-state index in [9.17, 15) is 4.79 Å². The number of anilines is 1. The van der Waals surface area contributed by atoms with Gasteiger partial charge < -0.3 is 14.9 Å². The average Bonchev–Trinajstić information content (AvgIpc) is 2.59. The molecule has 0 atom stereocenters. The Hall–Kier alpha value is -2.04. The minimum atomic E-state index is -0.300. The standard InChI is InChI=1S/C10H11N3O2/c1-15-10(14)5-8-6-13-3-2-7(11)4-9(13)12-8/h2-4,6H,5,11H2,1H3. The molecule has 0 saturated carbocycles. The van der Waals surface area contributed by atoms with Crippen LogP contribution in [0.25, 0.3) is 5.65 Å². The Morgan fingerprint density at radius 3 is 3.20 bits per heavy atom. The van der Waals surface area contributed by atoms with Crippen LogP contribution in [0.3, 0.4) is 0 Å². The van der Waals surface area contributed by atoms with Gasteiger partial charge in [-0.15, -0.1) is 0 Å². The van der Waals surface area contributed by atoms with E-state index in [1.54, 1.807) is 24.5 Å². The van der Waals surface area contributed by atoms with Crippen molar-refractivity contribution in [2.45, 2.75) is 6.42 Å². The van der Waals surface area contributed by atoms with E-state index in [4.69, 9.17) is 5.73 Å². The van der Waals surface area contributed by atoms with Gasteiger partial charge >= 0.3 is 5.97 Å². The number of fused-ring (bicyclic) bond motifs is 1. The number of nitrogen functional groups attached to an aromatic ring is 1. The van der Waals surface area contributed by atoms with Crippen molar-refractivity contribution in [2.75, 3.05) is 12.8 Å². The quantitative estimate of drug-likeness (QED) is 0.730. The lowest BCUT2D eigenvalue weighted by molar-refractivity contribution is -0.139. The fourth-order valence-corrected chi connectivity index (χ4v) is 1.36. The van der Waals surface area contributed by atoms with E-state index in [0.717, 1.165) is 5.65 Å². The van der Waals surface area contributed by atoms with Crippen LogP contribution in [-0.2, 0) is 16.0 Å². The number of nitrogens with two attached hydrogens (primary N) is 1. The Balaban J connectivity index is 2.34. The van der Waals surface area contributed by atoms with Crippen LogP contribution in [0.1, 0.15) is 5.69 Å². The third-order valence-corrected chi connectivity index (χ3v) is 2.09. The summed E-state index contributed by atoms with van der Waals surface area (Å²) in [6.45, 7) is 0. The Kier molecular flexibility index (Phi) is 2.29. The lowest BCUT2D eigenvalue weighted by atomic mass is 10.3. The maximum Gasteiger partial charge on any atom is 0.311 e. The SMILES string of the molecule is COC(=O)Cc1cn2ccc(N)cc2n1. The number of imidazole rings is 1. The molecule has 0 aliphatic carbocycles. The van der Waals surface area contributed by atoms with Crippen molar-refractivity contribution in [3.63, 3.8) is 0 Å². The number of pyridine rings is 1. The summed E-state index contributed by atoms with van der Waals surface area (Å²) in [5, 5.41) is 0. The van der Waals surface area contributed by atoms with E-state index in [1.807, 2.05) is 4.40 Å². The summed E-state index contributed by atoms with van der Waals surface area (Å²) in [5.41, 5.74) is 7.67. The molecule has 15 heavy (non-hydrogen) atoms. The zero-order valence-electron chi connectivity index (χ0n) is 8.30. The van der Waals surface area contributed by atoms with E-state index < -0.39 is 0 Å². The highest BCUT2D eigenvalue weighted by molar-refractivity contribution is 5.72. The Bertz CT molecular complexity index is 504. The molecule has 0 aromatic carbocycles. The Labute approximate surface area is 86.5 Å². The van der Waals surface area contributed by atoms with Crippen LogP contribution in [0.5, 0.6) is 0 Å². The van der Waals surface area contributed by atoms with Crippen molar-refractivity contribution in [3.8, 4) is 0 Å². The van der Waals surface area contributed by atoms with Crippen LogP contribution in [-0.4, -0.2) is 22.5 Å². The highest BCUT2D eigenvalue weighted by Gasteiger charge is 2.07. The van der Waals surface area contributed by atoms with Crippen LogP contribution in [0.2, 0.25) is 0 Å². The summed E-state index contributed by atoms with van der Waals surface area (Å²) >= 11 is 0. The van der Waals surface area contributed by atoms with Crippen LogP contribution < -0.4 is 5.73 Å². The van der Waals surface area contributed by atoms with Gasteiger partial charge in [0.1, 0.15) is 5.65 Å². The highest BCUT2D eigenvalue weighted by Crippen LogP contribution is 2.09. The van der Waals surface area contributed by atoms with Crippen LogP contribution >= 0.6 is 0 Å². The molecule has 2 rings (SSSR count). The number of nitrogens with zero attached hydrogens (tertiary/aromatic N) is 2. The third kappa shape index (κ3) is 1.90. The number of carbonyl (C=O) groups is 1. The molecule has 0 amide bonds. The van der Waals surface area contributed by atoms with Gasteiger partial charge in [-0.25, -0.2) is 4.98 Å². The monoisotopic (exact) mass is 205 g/mol. The number of rotatable bonds is 2. The molecule has 0 spiro atoms. The predicted molar refractivity (Wildman–Crippen MR) is 55.3 cm³/mol. The maximum absolute atomic E-state index is 11.0. The fourth-order valence-electron chi connectivity index (χ4n) is 1.36. The van der Waals surface area contributed by atoms with Gasteiger partial charge in [0.05, 0.1) is 19.2 Å². The molecule has 0 saturated heterocycles. The lowest BCUT2D eigenvalue weighted by Crippen LogP contribution is -2.04. The molecule has 2 heterocycles. The largest absolute Gasteiger partial charge is 0.469 e. The molecule has 0 aliphatic rings. The van der Waals surface area contributed by atoms with Crippen molar-refractivity contribution in [1.29, 1.82) is 0 Å². The second-order valence-electron chi connectivity index (χ2n) is 3.21. The highest BCUT2D eigenvalue weighted by atomic mass is 16.5. The first-order valence-electron chi connectivity index (χ1n) is 4.49. The summed E-state index contributed by atoms with van der Waals surface area (Å²) in [7, 11) is 1.36. The number of ether oxygens (including phenoxy) is 1. The predicted octanol–water partition coefficient (Wildman–Crippen LogP) is 0.632. The molecule has 0 bridgehead atoms. The van der Waals surface area contributed by atoms with Gasteiger partial charge in [-0.05, 0) is 6.07 Å². The van der Waals surface area contributed by atoms with Gasteiger partial charge in [0.15, 0.2) is 0 Å². The summed E-state index contributed by atoms with van der Waals surface area (Å²) in [6, 6.07) is 3.53. The molecule has 0 unspecified atom stereocenters. The van der Waals surface area contributed by atoms with Gasteiger partial charge in [-0.3, -0.25) is 4.79 Å². The van der Waals surface area contributed by atoms with Crippen molar-refractivity contribution in [3.05, 3.63) is 30.2 Å². The third-order valence-electron chi connectivity index (χ3n) is 2.09.